The normalized spacial score (nSPS) is 10.8. The molecule has 2 aromatic carbocycles. The van der Waals surface area contributed by atoms with Gasteiger partial charge >= 0.3 is 0 Å². The summed E-state index contributed by atoms with van der Waals surface area (Å²) in [6, 6.07) is 15.3. The topological polar surface area (TPSA) is 51.7 Å². The predicted molar refractivity (Wildman–Crippen MR) is 116 cm³/mol. The minimum Gasteiger partial charge on any atom is -0.493 e. The van der Waals surface area contributed by atoms with Gasteiger partial charge in [0.2, 0.25) is 0 Å². The van der Waals surface area contributed by atoms with Crippen molar-refractivity contribution in [3.05, 3.63) is 75.7 Å². The Kier molecular flexibility index (Phi) is 6.88. The Morgan fingerprint density at radius 2 is 1.79 bits per heavy atom. The van der Waals surface area contributed by atoms with E-state index in [4.69, 9.17) is 9.47 Å². The average Bonchev–Trinajstić information content (AvgIpc) is 3.18. The molecule has 0 aliphatic carbocycles. The Hall–Kier alpha value is -2.86. The van der Waals surface area contributed by atoms with E-state index in [1.807, 2.05) is 79.6 Å². The van der Waals surface area contributed by atoms with Crippen LogP contribution < -0.4 is 9.47 Å². The lowest BCUT2D eigenvalue weighted by atomic mass is 10.1. The third-order valence-electron chi connectivity index (χ3n) is 4.61. The lowest BCUT2D eigenvalue weighted by Crippen LogP contribution is -2.36. The first-order chi connectivity index (χ1) is 14.0. The number of aryl methyl sites for hydroxylation is 1. The summed E-state index contributed by atoms with van der Waals surface area (Å²) in [5.74, 6) is 1.40. The van der Waals surface area contributed by atoms with Crippen LogP contribution in [0.5, 0.6) is 11.5 Å². The Balaban J connectivity index is 1.68. The molecule has 0 aliphatic heterocycles. The number of methoxy groups -OCH3 is 1. The van der Waals surface area contributed by atoms with Gasteiger partial charge in [-0.15, -0.1) is 11.3 Å². The monoisotopic (exact) mass is 410 g/mol. The summed E-state index contributed by atoms with van der Waals surface area (Å²) in [6.45, 7) is 6.83. The fourth-order valence-electron chi connectivity index (χ4n) is 3.00. The number of rotatable bonds is 8. The molecule has 0 bridgehead atoms. The molecule has 0 radical (unpaired) electrons. The Morgan fingerprint density at radius 1 is 1.10 bits per heavy atom. The van der Waals surface area contributed by atoms with E-state index in [9.17, 15) is 4.79 Å². The molecule has 0 aliphatic rings. The highest BCUT2D eigenvalue weighted by molar-refractivity contribution is 7.09. The van der Waals surface area contributed by atoms with Crippen molar-refractivity contribution < 1.29 is 14.3 Å². The third-order valence-corrected chi connectivity index (χ3v) is 5.48. The number of aromatic nitrogens is 1. The van der Waals surface area contributed by atoms with Crippen LogP contribution in [0, 0.1) is 6.92 Å². The second-order valence-electron chi connectivity index (χ2n) is 7.01. The second-order valence-corrected chi connectivity index (χ2v) is 7.96. The number of nitrogens with zero attached hydrogens (tertiary/aromatic N) is 2. The number of hydrogen-bond donors (Lipinski definition) is 0. The van der Waals surface area contributed by atoms with Crippen LogP contribution >= 0.6 is 11.3 Å². The molecule has 29 heavy (non-hydrogen) atoms. The first kappa shape index (κ1) is 20.9. The summed E-state index contributed by atoms with van der Waals surface area (Å²) < 4.78 is 11.2. The van der Waals surface area contributed by atoms with E-state index in [0.717, 1.165) is 21.8 Å². The van der Waals surface area contributed by atoms with Crippen molar-refractivity contribution in [2.45, 2.75) is 40.0 Å². The van der Waals surface area contributed by atoms with Gasteiger partial charge in [-0.05, 0) is 44.5 Å². The summed E-state index contributed by atoms with van der Waals surface area (Å²) in [4.78, 5) is 19.6. The number of thiazole rings is 1. The van der Waals surface area contributed by atoms with Crippen molar-refractivity contribution >= 4 is 17.2 Å². The van der Waals surface area contributed by atoms with Gasteiger partial charge in [0.05, 0.1) is 19.3 Å². The van der Waals surface area contributed by atoms with Crippen LogP contribution in [-0.2, 0) is 13.2 Å². The Labute approximate surface area is 175 Å². The molecule has 0 fully saturated rings. The first-order valence-corrected chi connectivity index (χ1v) is 10.4. The van der Waals surface area contributed by atoms with E-state index in [1.165, 1.54) is 11.3 Å². The minimum absolute atomic E-state index is 0.0259. The van der Waals surface area contributed by atoms with Crippen molar-refractivity contribution in [2.24, 2.45) is 0 Å². The van der Waals surface area contributed by atoms with Gasteiger partial charge in [-0.3, -0.25) is 4.79 Å². The van der Waals surface area contributed by atoms with Crippen molar-refractivity contribution in [2.75, 3.05) is 7.11 Å². The summed E-state index contributed by atoms with van der Waals surface area (Å²) in [6.07, 6.45) is 0. The molecule has 152 valence electrons. The highest BCUT2D eigenvalue weighted by Crippen LogP contribution is 2.27. The van der Waals surface area contributed by atoms with E-state index >= 15 is 0 Å². The van der Waals surface area contributed by atoms with Crippen LogP contribution in [0.15, 0.2) is 53.9 Å². The molecule has 0 N–H and O–H groups in total. The maximum atomic E-state index is 13.1. The lowest BCUT2D eigenvalue weighted by molar-refractivity contribution is 0.0687. The van der Waals surface area contributed by atoms with Gasteiger partial charge in [0.25, 0.3) is 5.91 Å². The molecular weight excluding hydrogens is 384 g/mol. The molecule has 0 saturated heterocycles. The molecule has 0 saturated carbocycles. The zero-order valence-corrected chi connectivity index (χ0v) is 18.0. The van der Waals surface area contributed by atoms with Crippen LogP contribution in [0.2, 0.25) is 0 Å². The molecule has 0 spiro atoms. The summed E-state index contributed by atoms with van der Waals surface area (Å²) in [5, 5.41) is 2.85. The molecule has 5 nitrogen and oxygen atoms in total. The maximum absolute atomic E-state index is 13.1. The predicted octanol–water partition coefficient (Wildman–Crippen LogP) is 5.09. The first-order valence-electron chi connectivity index (χ1n) is 9.55. The molecule has 0 unspecified atom stereocenters. The van der Waals surface area contributed by atoms with Crippen molar-refractivity contribution in [1.29, 1.82) is 0 Å². The quantitative estimate of drug-likeness (QED) is 0.519. The number of ether oxygens (including phenoxy) is 2. The molecule has 1 aromatic heterocycles. The fraction of sp³-hybridized carbons (Fsp3) is 0.304. The molecule has 1 amide bonds. The number of para-hydroxylation sites is 2. The molecule has 6 heteroatoms. The van der Waals surface area contributed by atoms with Crippen LogP contribution in [-0.4, -0.2) is 28.9 Å². The number of benzene rings is 2. The van der Waals surface area contributed by atoms with E-state index in [0.29, 0.717) is 24.7 Å². The second kappa shape index (κ2) is 9.56. The largest absolute Gasteiger partial charge is 0.493 e. The fourth-order valence-corrected chi connectivity index (χ4v) is 3.69. The smallest absolute Gasteiger partial charge is 0.254 e. The molecule has 3 rings (SSSR count). The van der Waals surface area contributed by atoms with Crippen LogP contribution in [0.25, 0.3) is 0 Å². The standard InChI is InChI=1S/C23H26N2O3S/c1-16(2)25(23(26)19-10-6-5-9-17(19)3)13-18-15-29-22(24-18)14-28-21-12-8-7-11-20(21)27-4/h5-12,15-16H,13-14H2,1-4H3. The van der Waals surface area contributed by atoms with Crippen molar-refractivity contribution in [3.63, 3.8) is 0 Å². The number of amides is 1. The van der Waals surface area contributed by atoms with E-state index < -0.39 is 0 Å². The van der Waals surface area contributed by atoms with Crippen molar-refractivity contribution in [3.8, 4) is 11.5 Å². The Bertz CT molecular complexity index is 968. The summed E-state index contributed by atoms with van der Waals surface area (Å²) in [7, 11) is 1.62. The van der Waals surface area contributed by atoms with Gasteiger partial charge in [0.15, 0.2) is 11.5 Å². The third kappa shape index (κ3) is 5.15. The number of carbonyl (C=O) groups excluding carboxylic acids is 1. The average molecular weight is 411 g/mol. The van der Waals surface area contributed by atoms with Gasteiger partial charge < -0.3 is 14.4 Å². The van der Waals surface area contributed by atoms with Gasteiger partial charge in [0.1, 0.15) is 11.6 Å². The zero-order chi connectivity index (χ0) is 20.8. The van der Waals surface area contributed by atoms with Gasteiger partial charge in [-0.1, -0.05) is 30.3 Å². The van der Waals surface area contributed by atoms with Gasteiger partial charge in [-0.25, -0.2) is 4.98 Å². The lowest BCUT2D eigenvalue weighted by Gasteiger charge is -2.26. The molecule has 3 aromatic rings. The summed E-state index contributed by atoms with van der Waals surface area (Å²) in [5.41, 5.74) is 2.58. The zero-order valence-electron chi connectivity index (χ0n) is 17.2. The number of carbonyl (C=O) groups is 1. The highest BCUT2D eigenvalue weighted by atomic mass is 32.1. The highest BCUT2D eigenvalue weighted by Gasteiger charge is 2.21. The van der Waals surface area contributed by atoms with E-state index in [2.05, 4.69) is 4.98 Å². The van der Waals surface area contributed by atoms with E-state index in [1.54, 1.807) is 7.11 Å². The number of hydrogen-bond acceptors (Lipinski definition) is 5. The van der Waals surface area contributed by atoms with E-state index in [-0.39, 0.29) is 11.9 Å². The molecule has 0 atom stereocenters. The summed E-state index contributed by atoms with van der Waals surface area (Å²) >= 11 is 1.53. The van der Waals surface area contributed by atoms with Gasteiger partial charge in [0, 0.05) is 17.0 Å². The minimum atomic E-state index is 0.0259. The molecular formula is C23H26N2O3S. The SMILES string of the molecule is COc1ccccc1OCc1nc(CN(C(=O)c2ccccc2C)C(C)C)cs1. The van der Waals surface area contributed by atoms with Crippen LogP contribution in [0.1, 0.15) is 40.5 Å². The van der Waals surface area contributed by atoms with Crippen LogP contribution in [0.3, 0.4) is 0 Å². The van der Waals surface area contributed by atoms with Crippen molar-refractivity contribution in [1.82, 2.24) is 9.88 Å². The van der Waals surface area contributed by atoms with Crippen LogP contribution in [0.4, 0.5) is 0 Å². The molecule has 1 heterocycles. The van der Waals surface area contributed by atoms with Gasteiger partial charge in [-0.2, -0.15) is 0 Å². The Morgan fingerprint density at radius 3 is 2.48 bits per heavy atom. The maximum Gasteiger partial charge on any atom is 0.254 e.